The van der Waals surface area contributed by atoms with Gasteiger partial charge in [-0.2, -0.15) is 12.6 Å². The number of hydrogen-bond donors (Lipinski definition) is 2. The molecule has 0 aliphatic carbocycles. The van der Waals surface area contributed by atoms with Gasteiger partial charge < -0.3 is 5.11 Å². The second kappa shape index (κ2) is 3.14. The number of nitrogens with zero attached hydrogens (tertiary/aromatic N) is 1. The van der Waals surface area contributed by atoms with Gasteiger partial charge in [0.2, 0.25) is 0 Å². The SMILES string of the molecule is O=C(O)[C@H](CCS)n1c(=O)c1=O. The number of aromatic nitrogens is 1. The summed E-state index contributed by atoms with van der Waals surface area (Å²) in [6.07, 6.45) is 0.190. The molecule has 1 heterocycles. The smallest absolute Gasteiger partial charge is 0.326 e. The van der Waals surface area contributed by atoms with Crippen LogP contribution in [-0.4, -0.2) is 21.4 Å². The zero-order chi connectivity index (χ0) is 9.30. The molecule has 0 saturated heterocycles. The van der Waals surface area contributed by atoms with Crippen molar-refractivity contribution in [1.82, 2.24) is 4.57 Å². The molecule has 1 rings (SSSR count). The average molecular weight is 189 g/mol. The monoisotopic (exact) mass is 189 g/mol. The van der Waals surface area contributed by atoms with Crippen LogP contribution in [0.25, 0.3) is 0 Å². The summed E-state index contributed by atoms with van der Waals surface area (Å²) in [5, 5.41) is 8.57. The zero-order valence-corrected chi connectivity index (χ0v) is 6.95. The molecule has 1 N–H and O–H groups in total. The second-order valence-electron chi connectivity index (χ2n) is 2.35. The van der Waals surface area contributed by atoms with Crippen LogP contribution in [0.15, 0.2) is 9.59 Å². The van der Waals surface area contributed by atoms with Crippen LogP contribution in [0.5, 0.6) is 0 Å². The Labute approximate surface area is 72.7 Å². The lowest BCUT2D eigenvalue weighted by molar-refractivity contribution is -0.140. The fourth-order valence-corrected chi connectivity index (χ4v) is 1.16. The Morgan fingerprint density at radius 2 is 2.00 bits per heavy atom. The van der Waals surface area contributed by atoms with Crippen molar-refractivity contribution >= 4 is 18.6 Å². The minimum Gasteiger partial charge on any atom is -0.480 e. The first-order valence-corrected chi connectivity index (χ1v) is 3.94. The maximum absolute atomic E-state index is 10.5. The van der Waals surface area contributed by atoms with Crippen LogP contribution in [0.4, 0.5) is 0 Å². The van der Waals surface area contributed by atoms with Gasteiger partial charge in [-0.25, -0.2) is 4.79 Å². The highest BCUT2D eigenvalue weighted by Crippen LogP contribution is 2.08. The molecule has 0 radical (unpaired) electrons. The molecule has 1 aromatic heterocycles. The van der Waals surface area contributed by atoms with Gasteiger partial charge in [-0.3, -0.25) is 14.2 Å². The fourth-order valence-electron chi connectivity index (χ4n) is 0.914. The number of carboxylic acids is 1. The number of carbonyl (C=O) groups is 1. The molecule has 0 saturated carbocycles. The van der Waals surface area contributed by atoms with E-state index in [-0.39, 0.29) is 6.42 Å². The second-order valence-corrected chi connectivity index (χ2v) is 2.79. The summed E-state index contributed by atoms with van der Waals surface area (Å²) >= 11 is 3.82. The molecule has 0 aromatic carbocycles. The van der Waals surface area contributed by atoms with Gasteiger partial charge >= 0.3 is 17.1 Å². The molecular formula is C6H7NO4S. The lowest BCUT2D eigenvalue weighted by Crippen LogP contribution is -2.19. The van der Waals surface area contributed by atoms with Crippen LogP contribution in [0.2, 0.25) is 0 Å². The molecule has 0 aliphatic rings. The molecule has 66 valence electrons. The molecule has 0 fully saturated rings. The molecule has 0 amide bonds. The van der Waals surface area contributed by atoms with Gasteiger partial charge in [0.1, 0.15) is 6.04 Å². The summed E-state index contributed by atoms with van der Waals surface area (Å²) in [5.41, 5.74) is -1.44. The van der Waals surface area contributed by atoms with Gasteiger partial charge in [-0.15, -0.1) is 0 Å². The highest BCUT2D eigenvalue weighted by Gasteiger charge is 2.29. The third-order valence-corrected chi connectivity index (χ3v) is 1.83. The summed E-state index contributed by atoms with van der Waals surface area (Å²) in [5.74, 6) is -0.836. The molecule has 1 atom stereocenters. The van der Waals surface area contributed by atoms with Crippen molar-refractivity contribution in [3.05, 3.63) is 20.7 Å². The van der Waals surface area contributed by atoms with E-state index in [1.165, 1.54) is 0 Å². The molecular weight excluding hydrogens is 182 g/mol. The summed E-state index contributed by atoms with van der Waals surface area (Å²) in [4.78, 5) is 31.5. The van der Waals surface area contributed by atoms with Crippen LogP contribution < -0.4 is 11.1 Å². The fraction of sp³-hybridized carbons (Fsp3) is 0.500. The van der Waals surface area contributed by atoms with E-state index in [2.05, 4.69) is 12.6 Å². The largest absolute Gasteiger partial charge is 0.480 e. The first-order chi connectivity index (χ1) is 5.59. The Bertz CT molecular complexity index is 337. The lowest BCUT2D eigenvalue weighted by Gasteiger charge is -2.04. The van der Waals surface area contributed by atoms with Crippen LogP contribution in [-0.2, 0) is 4.79 Å². The predicted molar refractivity (Wildman–Crippen MR) is 44.5 cm³/mol. The summed E-state index contributed by atoms with van der Waals surface area (Å²) in [6.45, 7) is 0. The molecule has 5 nitrogen and oxygen atoms in total. The third kappa shape index (κ3) is 1.42. The van der Waals surface area contributed by atoms with Gasteiger partial charge in [0.25, 0.3) is 0 Å². The normalized spacial score (nSPS) is 13.4. The van der Waals surface area contributed by atoms with Crippen molar-refractivity contribution < 1.29 is 9.90 Å². The molecule has 0 spiro atoms. The van der Waals surface area contributed by atoms with E-state index in [1.54, 1.807) is 0 Å². The van der Waals surface area contributed by atoms with Crippen molar-refractivity contribution in [2.75, 3.05) is 5.75 Å². The van der Waals surface area contributed by atoms with Gasteiger partial charge in [0, 0.05) is 0 Å². The number of thiol groups is 1. The maximum Gasteiger partial charge on any atom is 0.326 e. The van der Waals surface area contributed by atoms with E-state index in [4.69, 9.17) is 5.11 Å². The highest BCUT2D eigenvalue weighted by molar-refractivity contribution is 7.80. The average Bonchev–Trinajstić information content (AvgIpc) is 2.56. The molecule has 0 aliphatic heterocycles. The highest BCUT2D eigenvalue weighted by atomic mass is 32.1. The topological polar surface area (TPSA) is 76.4 Å². The van der Waals surface area contributed by atoms with E-state index >= 15 is 0 Å². The Balaban J connectivity index is 2.82. The van der Waals surface area contributed by atoms with Crippen molar-refractivity contribution in [3.8, 4) is 0 Å². The summed E-state index contributed by atoms with van der Waals surface area (Å²) in [6, 6.07) is -1.03. The van der Waals surface area contributed by atoms with E-state index < -0.39 is 23.1 Å². The van der Waals surface area contributed by atoms with Crippen LogP contribution in [0.1, 0.15) is 12.5 Å². The standard InChI is InChI=1S/C6H7NO4S/c8-4-5(9)7(4)3(1-2-12)6(10)11/h3,12H,1-2H2,(H,10,11)/t3-/m0/s1. The number of rotatable bonds is 4. The predicted octanol–water partition coefficient (Wildman–Crippen LogP) is -0.970. The first-order valence-electron chi connectivity index (χ1n) is 3.30. The van der Waals surface area contributed by atoms with E-state index in [0.29, 0.717) is 5.75 Å². The van der Waals surface area contributed by atoms with Crippen LogP contribution >= 0.6 is 12.6 Å². The van der Waals surface area contributed by atoms with Crippen LogP contribution in [0.3, 0.4) is 0 Å². The Morgan fingerprint density at radius 1 is 1.50 bits per heavy atom. The minimum atomic E-state index is -1.16. The minimum absolute atomic E-state index is 0.190. The van der Waals surface area contributed by atoms with E-state index in [0.717, 1.165) is 4.57 Å². The van der Waals surface area contributed by atoms with Crippen molar-refractivity contribution in [1.29, 1.82) is 0 Å². The van der Waals surface area contributed by atoms with Crippen molar-refractivity contribution in [2.24, 2.45) is 0 Å². The van der Waals surface area contributed by atoms with E-state index in [1.807, 2.05) is 0 Å². The van der Waals surface area contributed by atoms with Gasteiger partial charge in [-0.05, 0) is 12.2 Å². The van der Waals surface area contributed by atoms with Crippen LogP contribution in [0, 0.1) is 0 Å². The molecule has 1 aromatic rings. The molecule has 12 heavy (non-hydrogen) atoms. The summed E-state index contributed by atoms with van der Waals surface area (Å²) in [7, 11) is 0. The van der Waals surface area contributed by atoms with Gasteiger partial charge in [0.05, 0.1) is 0 Å². The Hall–Kier alpha value is -1.04. The molecule has 6 heteroatoms. The molecule has 0 bridgehead atoms. The quantitative estimate of drug-likeness (QED) is 0.472. The zero-order valence-electron chi connectivity index (χ0n) is 6.06. The van der Waals surface area contributed by atoms with Gasteiger partial charge in [-0.1, -0.05) is 0 Å². The number of aliphatic carboxylic acids is 1. The lowest BCUT2D eigenvalue weighted by atomic mass is 10.2. The van der Waals surface area contributed by atoms with Gasteiger partial charge in [0.15, 0.2) is 0 Å². The Kier molecular flexibility index (Phi) is 2.37. The number of hydrogen-bond acceptors (Lipinski definition) is 4. The third-order valence-electron chi connectivity index (χ3n) is 1.57. The Morgan fingerprint density at radius 3 is 2.25 bits per heavy atom. The van der Waals surface area contributed by atoms with Crippen molar-refractivity contribution in [3.63, 3.8) is 0 Å². The maximum atomic E-state index is 10.5. The van der Waals surface area contributed by atoms with E-state index in [9.17, 15) is 14.4 Å². The number of carboxylic acid groups (broad SMARTS) is 1. The summed E-state index contributed by atoms with van der Waals surface area (Å²) < 4.78 is 0.735. The molecule has 0 unspecified atom stereocenters. The first kappa shape index (κ1) is 9.05. The van der Waals surface area contributed by atoms with Crippen molar-refractivity contribution in [2.45, 2.75) is 12.5 Å².